The predicted octanol–water partition coefficient (Wildman–Crippen LogP) is 3.08. The van der Waals surface area contributed by atoms with Crippen LogP contribution < -0.4 is 15.2 Å². The maximum Gasteiger partial charge on any atom is 0.162 e. The van der Waals surface area contributed by atoms with E-state index in [-0.39, 0.29) is 0 Å². The normalized spacial score (nSPS) is 14.8. The Kier molecular flexibility index (Phi) is 3.14. The van der Waals surface area contributed by atoms with Crippen molar-refractivity contribution in [3.63, 3.8) is 0 Å². The Morgan fingerprint density at radius 2 is 1.94 bits per heavy atom. The minimum atomic E-state index is 0.606. The summed E-state index contributed by atoms with van der Waals surface area (Å²) in [5.41, 5.74) is 7.17. The van der Waals surface area contributed by atoms with Gasteiger partial charge in [0, 0.05) is 28.6 Å². The maximum atomic E-state index is 5.82. The van der Waals surface area contributed by atoms with E-state index < -0.39 is 0 Å². The molecule has 96 valence electrons. The summed E-state index contributed by atoms with van der Waals surface area (Å²) < 4.78 is 12.7. The summed E-state index contributed by atoms with van der Waals surface area (Å²) >= 11 is 1.77. The Hall–Kier alpha value is -1.26. The van der Waals surface area contributed by atoms with Crippen LogP contribution in [-0.2, 0) is 13.0 Å². The molecule has 0 atom stereocenters. The van der Waals surface area contributed by atoms with Crippen LogP contribution in [0.25, 0.3) is 10.1 Å². The van der Waals surface area contributed by atoms with Gasteiger partial charge in [-0.15, -0.1) is 11.3 Å². The fourth-order valence-electron chi connectivity index (χ4n) is 2.41. The van der Waals surface area contributed by atoms with Gasteiger partial charge in [0.2, 0.25) is 0 Å². The van der Waals surface area contributed by atoms with E-state index in [2.05, 4.69) is 19.1 Å². The van der Waals surface area contributed by atoms with Gasteiger partial charge in [-0.3, -0.25) is 0 Å². The van der Waals surface area contributed by atoms with Crippen molar-refractivity contribution in [2.75, 3.05) is 13.2 Å². The van der Waals surface area contributed by atoms with Crippen LogP contribution in [0, 0.1) is 0 Å². The van der Waals surface area contributed by atoms with Gasteiger partial charge < -0.3 is 15.2 Å². The molecule has 2 heterocycles. The molecule has 0 fully saturated rings. The molecule has 18 heavy (non-hydrogen) atoms. The van der Waals surface area contributed by atoms with Crippen molar-refractivity contribution in [3.8, 4) is 11.5 Å². The molecule has 0 saturated carbocycles. The standard InChI is InChI=1S/C14H17NO2S/c1-2-9-10-6-11-12(17-5-3-4-16-11)7-13(10)18-14(9)8-15/h6-7H,2-5,8,15H2,1H3. The van der Waals surface area contributed by atoms with Gasteiger partial charge in [-0.1, -0.05) is 6.92 Å². The van der Waals surface area contributed by atoms with E-state index in [9.17, 15) is 0 Å². The number of hydrogen-bond donors (Lipinski definition) is 1. The molecule has 1 aromatic carbocycles. The molecule has 0 aliphatic carbocycles. The lowest BCUT2D eigenvalue weighted by Crippen LogP contribution is -1.97. The van der Waals surface area contributed by atoms with Crippen LogP contribution in [-0.4, -0.2) is 13.2 Å². The average molecular weight is 263 g/mol. The first-order chi connectivity index (χ1) is 8.83. The summed E-state index contributed by atoms with van der Waals surface area (Å²) in [7, 11) is 0. The largest absolute Gasteiger partial charge is 0.490 e. The van der Waals surface area contributed by atoms with E-state index in [1.165, 1.54) is 20.5 Å². The summed E-state index contributed by atoms with van der Waals surface area (Å²) in [5.74, 6) is 1.74. The SMILES string of the molecule is CCc1c(CN)sc2cc3c(cc12)OCCCO3. The van der Waals surface area contributed by atoms with Crippen LogP contribution in [0.3, 0.4) is 0 Å². The van der Waals surface area contributed by atoms with Gasteiger partial charge in [-0.2, -0.15) is 0 Å². The number of rotatable bonds is 2. The molecule has 3 rings (SSSR count). The van der Waals surface area contributed by atoms with Gasteiger partial charge >= 0.3 is 0 Å². The fraction of sp³-hybridized carbons (Fsp3) is 0.429. The van der Waals surface area contributed by atoms with Crippen LogP contribution in [0.1, 0.15) is 23.8 Å². The van der Waals surface area contributed by atoms with E-state index in [0.29, 0.717) is 6.54 Å². The third-order valence-electron chi connectivity index (χ3n) is 3.28. The monoisotopic (exact) mass is 263 g/mol. The van der Waals surface area contributed by atoms with Crippen LogP contribution in [0.5, 0.6) is 11.5 Å². The number of hydrogen-bond acceptors (Lipinski definition) is 4. The van der Waals surface area contributed by atoms with Crippen LogP contribution in [0.2, 0.25) is 0 Å². The zero-order valence-corrected chi connectivity index (χ0v) is 11.3. The van der Waals surface area contributed by atoms with E-state index in [4.69, 9.17) is 15.2 Å². The Morgan fingerprint density at radius 1 is 1.22 bits per heavy atom. The molecule has 0 amide bonds. The first-order valence-electron chi connectivity index (χ1n) is 6.37. The quantitative estimate of drug-likeness (QED) is 0.905. The molecular weight excluding hydrogens is 246 g/mol. The Bertz CT molecular complexity index is 577. The highest BCUT2D eigenvalue weighted by Crippen LogP contribution is 2.40. The van der Waals surface area contributed by atoms with Crippen LogP contribution >= 0.6 is 11.3 Å². The van der Waals surface area contributed by atoms with Gasteiger partial charge in [-0.25, -0.2) is 0 Å². The molecular formula is C14H17NO2S. The Balaban J connectivity index is 2.20. The van der Waals surface area contributed by atoms with E-state index in [1.54, 1.807) is 11.3 Å². The van der Waals surface area contributed by atoms with Gasteiger partial charge in [0.05, 0.1) is 13.2 Å². The molecule has 0 unspecified atom stereocenters. The molecule has 0 radical (unpaired) electrons. The highest BCUT2D eigenvalue weighted by molar-refractivity contribution is 7.19. The number of ether oxygens (including phenoxy) is 2. The molecule has 0 spiro atoms. The highest BCUT2D eigenvalue weighted by Gasteiger charge is 2.16. The van der Waals surface area contributed by atoms with Gasteiger partial charge in [0.1, 0.15) is 0 Å². The molecule has 0 bridgehead atoms. The summed E-state index contributed by atoms with van der Waals surface area (Å²) in [4.78, 5) is 1.27. The van der Waals surface area contributed by atoms with Crippen molar-refractivity contribution < 1.29 is 9.47 Å². The zero-order valence-electron chi connectivity index (χ0n) is 10.5. The number of nitrogens with two attached hydrogens (primary N) is 1. The molecule has 4 heteroatoms. The molecule has 2 N–H and O–H groups in total. The van der Waals surface area contributed by atoms with Gasteiger partial charge in [0.15, 0.2) is 11.5 Å². The van der Waals surface area contributed by atoms with Crippen molar-refractivity contribution in [3.05, 3.63) is 22.6 Å². The number of thiophene rings is 1. The summed E-state index contributed by atoms with van der Waals surface area (Å²) in [6, 6.07) is 4.21. The summed E-state index contributed by atoms with van der Waals surface area (Å²) in [6.07, 6.45) is 1.95. The average Bonchev–Trinajstić information content (AvgIpc) is 2.57. The lowest BCUT2D eigenvalue weighted by Gasteiger charge is -2.07. The minimum Gasteiger partial charge on any atom is -0.490 e. The first kappa shape index (κ1) is 11.8. The van der Waals surface area contributed by atoms with Crippen LogP contribution in [0.4, 0.5) is 0 Å². The summed E-state index contributed by atoms with van der Waals surface area (Å²) in [6.45, 7) is 4.24. The second-order valence-electron chi connectivity index (χ2n) is 4.41. The maximum absolute atomic E-state index is 5.82. The number of aryl methyl sites for hydroxylation is 1. The zero-order chi connectivity index (χ0) is 12.5. The Labute approximate surface area is 111 Å². The van der Waals surface area contributed by atoms with Crippen molar-refractivity contribution in [1.82, 2.24) is 0 Å². The molecule has 1 aliphatic rings. The second kappa shape index (κ2) is 4.78. The Morgan fingerprint density at radius 3 is 2.61 bits per heavy atom. The molecule has 1 aromatic heterocycles. The second-order valence-corrected chi connectivity index (χ2v) is 5.54. The summed E-state index contributed by atoms with van der Waals surface area (Å²) in [5, 5.41) is 1.27. The lowest BCUT2D eigenvalue weighted by molar-refractivity contribution is 0.297. The third kappa shape index (κ3) is 1.85. The minimum absolute atomic E-state index is 0.606. The van der Waals surface area contributed by atoms with Crippen LogP contribution in [0.15, 0.2) is 12.1 Å². The molecule has 3 nitrogen and oxygen atoms in total. The first-order valence-corrected chi connectivity index (χ1v) is 7.19. The smallest absolute Gasteiger partial charge is 0.162 e. The van der Waals surface area contributed by atoms with Crippen molar-refractivity contribution in [2.45, 2.75) is 26.3 Å². The van der Waals surface area contributed by atoms with E-state index >= 15 is 0 Å². The number of fused-ring (bicyclic) bond motifs is 2. The topological polar surface area (TPSA) is 44.5 Å². The molecule has 2 aromatic rings. The van der Waals surface area contributed by atoms with Gasteiger partial charge in [0.25, 0.3) is 0 Å². The predicted molar refractivity (Wildman–Crippen MR) is 74.7 cm³/mol. The van der Waals surface area contributed by atoms with Crippen molar-refractivity contribution >= 4 is 21.4 Å². The van der Waals surface area contributed by atoms with E-state index in [1.807, 2.05) is 0 Å². The lowest BCUT2D eigenvalue weighted by atomic mass is 10.1. The number of benzene rings is 1. The van der Waals surface area contributed by atoms with Crippen molar-refractivity contribution in [1.29, 1.82) is 0 Å². The van der Waals surface area contributed by atoms with Gasteiger partial charge in [-0.05, 0) is 23.4 Å². The van der Waals surface area contributed by atoms with E-state index in [0.717, 1.165) is 37.6 Å². The third-order valence-corrected chi connectivity index (χ3v) is 4.50. The highest BCUT2D eigenvalue weighted by atomic mass is 32.1. The molecule has 1 aliphatic heterocycles. The molecule has 0 saturated heterocycles. The van der Waals surface area contributed by atoms with Crippen molar-refractivity contribution in [2.24, 2.45) is 5.73 Å². The fourth-order valence-corrected chi connectivity index (χ4v) is 3.59.